The molecule has 2 atom stereocenters. The summed E-state index contributed by atoms with van der Waals surface area (Å²) in [7, 11) is 0. The van der Waals surface area contributed by atoms with Gasteiger partial charge in [-0.1, -0.05) is 19.8 Å². The molecule has 0 saturated carbocycles. The van der Waals surface area contributed by atoms with Gasteiger partial charge in [0, 0.05) is 6.42 Å². The van der Waals surface area contributed by atoms with E-state index in [1.165, 1.54) is 0 Å². The monoisotopic (exact) mass is 224 g/mol. The Balaban J connectivity index is 1.87. The Hall–Kier alpha value is -1.06. The van der Waals surface area contributed by atoms with Crippen molar-refractivity contribution in [2.45, 2.75) is 64.1 Å². The maximum atomic E-state index is 11.6. The highest BCUT2D eigenvalue weighted by Gasteiger charge is 2.49. The van der Waals surface area contributed by atoms with Gasteiger partial charge in [0.1, 0.15) is 12.2 Å². The molecule has 2 unspecified atom stereocenters. The summed E-state index contributed by atoms with van der Waals surface area (Å²) < 4.78 is 0. The fraction of sp³-hybridized carbons (Fsp3) is 0.833. The first-order chi connectivity index (χ1) is 7.74. The minimum atomic E-state index is -0.0237. The summed E-state index contributed by atoms with van der Waals surface area (Å²) in [6, 6.07) is 0.0864. The molecule has 2 saturated heterocycles. The van der Waals surface area contributed by atoms with E-state index < -0.39 is 0 Å². The van der Waals surface area contributed by atoms with Crippen molar-refractivity contribution in [2.24, 2.45) is 0 Å². The van der Waals surface area contributed by atoms with E-state index in [9.17, 15) is 9.59 Å². The zero-order valence-electron chi connectivity index (χ0n) is 9.87. The normalized spacial score (nSPS) is 29.9. The molecule has 0 aromatic carbocycles. The first-order valence-electron chi connectivity index (χ1n) is 6.35. The summed E-state index contributed by atoms with van der Waals surface area (Å²) in [6.07, 6.45) is 6.64. The van der Waals surface area contributed by atoms with Crippen LogP contribution in [0.1, 0.15) is 51.9 Å². The van der Waals surface area contributed by atoms with Crippen LogP contribution >= 0.6 is 0 Å². The number of rotatable bonds is 4. The molecule has 2 fully saturated rings. The van der Waals surface area contributed by atoms with E-state index in [4.69, 9.17) is 0 Å². The fourth-order valence-electron chi connectivity index (χ4n) is 2.43. The van der Waals surface area contributed by atoms with Crippen molar-refractivity contribution in [3.63, 3.8) is 0 Å². The summed E-state index contributed by atoms with van der Waals surface area (Å²) in [5.74, 6) is 0.317. The molecule has 16 heavy (non-hydrogen) atoms. The molecule has 0 spiro atoms. The van der Waals surface area contributed by atoms with Crippen molar-refractivity contribution in [2.75, 3.05) is 0 Å². The second-order valence-corrected chi connectivity index (χ2v) is 4.73. The highest BCUT2D eigenvalue weighted by atomic mass is 16.2. The average Bonchev–Trinajstić information content (AvgIpc) is 2.94. The van der Waals surface area contributed by atoms with E-state index in [2.05, 4.69) is 12.2 Å². The Morgan fingerprint density at radius 1 is 1.38 bits per heavy atom. The molecule has 2 amide bonds. The molecule has 1 N–H and O–H groups in total. The van der Waals surface area contributed by atoms with Crippen LogP contribution in [-0.2, 0) is 9.59 Å². The molecule has 90 valence electrons. The molecule has 0 aromatic rings. The van der Waals surface area contributed by atoms with Crippen LogP contribution in [0, 0.1) is 0 Å². The Bertz CT molecular complexity index is 291. The number of amides is 2. The van der Waals surface area contributed by atoms with Gasteiger partial charge in [0.15, 0.2) is 0 Å². The quantitative estimate of drug-likeness (QED) is 0.734. The Labute approximate surface area is 96.4 Å². The minimum Gasteiger partial charge on any atom is -0.336 e. The van der Waals surface area contributed by atoms with Gasteiger partial charge in [0.25, 0.3) is 0 Å². The average molecular weight is 224 g/mol. The highest BCUT2D eigenvalue weighted by Crippen LogP contribution is 2.30. The molecule has 0 bridgehead atoms. The van der Waals surface area contributed by atoms with Crippen molar-refractivity contribution in [3.8, 4) is 0 Å². The van der Waals surface area contributed by atoms with E-state index in [0.717, 1.165) is 38.5 Å². The SMILES string of the molecule is CCCCC1C(=O)N1C1CCCCC(=O)N1. The van der Waals surface area contributed by atoms with Crippen molar-refractivity contribution in [3.05, 3.63) is 0 Å². The predicted octanol–water partition coefficient (Wildman–Crippen LogP) is 1.40. The Morgan fingerprint density at radius 3 is 2.94 bits per heavy atom. The largest absolute Gasteiger partial charge is 0.336 e. The van der Waals surface area contributed by atoms with Crippen LogP contribution in [0.4, 0.5) is 0 Å². The van der Waals surface area contributed by atoms with Crippen molar-refractivity contribution in [1.29, 1.82) is 0 Å². The van der Waals surface area contributed by atoms with E-state index in [0.29, 0.717) is 6.42 Å². The van der Waals surface area contributed by atoms with Crippen LogP contribution in [-0.4, -0.2) is 28.9 Å². The molecular weight excluding hydrogens is 204 g/mol. The van der Waals surface area contributed by atoms with Crippen LogP contribution < -0.4 is 5.32 Å². The molecule has 2 aliphatic rings. The summed E-state index contributed by atoms with van der Waals surface area (Å²) in [5.41, 5.74) is 0. The predicted molar refractivity (Wildman–Crippen MR) is 60.6 cm³/mol. The van der Waals surface area contributed by atoms with Crippen LogP contribution in [0.25, 0.3) is 0 Å². The molecular formula is C12H20N2O2. The summed E-state index contributed by atoms with van der Waals surface area (Å²) in [5, 5.41) is 2.94. The molecule has 4 nitrogen and oxygen atoms in total. The van der Waals surface area contributed by atoms with Crippen molar-refractivity contribution in [1.82, 2.24) is 10.2 Å². The number of hydrogen-bond acceptors (Lipinski definition) is 2. The van der Waals surface area contributed by atoms with Crippen LogP contribution in [0.15, 0.2) is 0 Å². The molecule has 0 aromatic heterocycles. The molecule has 0 aliphatic carbocycles. The van der Waals surface area contributed by atoms with Crippen molar-refractivity contribution >= 4 is 11.8 Å². The summed E-state index contributed by atoms with van der Waals surface area (Å²) >= 11 is 0. The maximum absolute atomic E-state index is 11.6. The van der Waals surface area contributed by atoms with E-state index in [-0.39, 0.29) is 24.0 Å². The number of carbonyl (C=O) groups is 2. The van der Waals surface area contributed by atoms with Gasteiger partial charge in [-0.2, -0.15) is 0 Å². The number of nitrogens with zero attached hydrogens (tertiary/aromatic N) is 1. The Morgan fingerprint density at radius 2 is 2.19 bits per heavy atom. The zero-order chi connectivity index (χ0) is 11.5. The lowest BCUT2D eigenvalue weighted by Gasteiger charge is -2.17. The van der Waals surface area contributed by atoms with E-state index in [1.54, 1.807) is 0 Å². The highest BCUT2D eigenvalue weighted by molar-refractivity contribution is 5.97. The van der Waals surface area contributed by atoms with Gasteiger partial charge in [0.2, 0.25) is 11.8 Å². The van der Waals surface area contributed by atoms with Gasteiger partial charge in [-0.05, 0) is 25.7 Å². The van der Waals surface area contributed by atoms with Gasteiger partial charge < -0.3 is 10.2 Å². The molecule has 0 radical (unpaired) electrons. The summed E-state index contributed by atoms with van der Waals surface area (Å²) in [4.78, 5) is 24.9. The van der Waals surface area contributed by atoms with E-state index in [1.807, 2.05) is 4.90 Å². The lowest BCUT2D eigenvalue weighted by Crippen LogP contribution is -2.39. The third kappa shape index (κ3) is 2.36. The minimum absolute atomic E-state index is 0.0237. The molecule has 2 rings (SSSR count). The smallest absolute Gasteiger partial charge is 0.247 e. The number of hydrogen-bond donors (Lipinski definition) is 1. The standard InChI is InChI=1S/C12H20N2O2/c1-2-3-6-9-12(16)14(9)10-7-4-5-8-11(15)13-10/h9-10H,2-8H2,1H3,(H,13,15). The van der Waals surface area contributed by atoms with Gasteiger partial charge >= 0.3 is 0 Å². The van der Waals surface area contributed by atoms with Crippen LogP contribution in [0.3, 0.4) is 0 Å². The summed E-state index contributed by atoms with van der Waals surface area (Å²) in [6.45, 7) is 2.13. The second-order valence-electron chi connectivity index (χ2n) is 4.73. The van der Waals surface area contributed by atoms with Gasteiger partial charge in [-0.3, -0.25) is 9.59 Å². The number of carbonyl (C=O) groups excluding carboxylic acids is 2. The van der Waals surface area contributed by atoms with Crippen molar-refractivity contribution < 1.29 is 9.59 Å². The number of nitrogens with one attached hydrogen (secondary N) is 1. The Kier molecular flexibility index (Phi) is 3.46. The number of unbranched alkanes of at least 4 members (excludes halogenated alkanes) is 1. The van der Waals surface area contributed by atoms with Crippen LogP contribution in [0.2, 0.25) is 0 Å². The second kappa shape index (κ2) is 4.85. The topological polar surface area (TPSA) is 49.2 Å². The maximum Gasteiger partial charge on any atom is 0.247 e. The third-order valence-corrected chi connectivity index (χ3v) is 3.43. The lowest BCUT2D eigenvalue weighted by atomic mass is 10.2. The van der Waals surface area contributed by atoms with Gasteiger partial charge in [-0.15, -0.1) is 0 Å². The third-order valence-electron chi connectivity index (χ3n) is 3.43. The van der Waals surface area contributed by atoms with Gasteiger partial charge in [0.05, 0.1) is 0 Å². The van der Waals surface area contributed by atoms with E-state index >= 15 is 0 Å². The fourth-order valence-corrected chi connectivity index (χ4v) is 2.43. The first-order valence-corrected chi connectivity index (χ1v) is 6.35. The molecule has 2 heterocycles. The zero-order valence-corrected chi connectivity index (χ0v) is 9.87. The lowest BCUT2D eigenvalue weighted by molar-refractivity contribution is -0.122. The first kappa shape index (κ1) is 11.4. The van der Waals surface area contributed by atoms with Gasteiger partial charge in [-0.25, -0.2) is 0 Å². The molecule has 2 aliphatic heterocycles. The molecule has 4 heteroatoms. The van der Waals surface area contributed by atoms with Crippen LogP contribution in [0.5, 0.6) is 0 Å².